The minimum atomic E-state index is -0.470. The summed E-state index contributed by atoms with van der Waals surface area (Å²) in [6.45, 7) is 15.4. The number of benzene rings is 1. The van der Waals surface area contributed by atoms with Gasteiger partial charge < -0.3 is 23.5 Å². The number of hydrogen-bond acceptors (Lipinski definition) is 5. The first kappa shape index (κ1) is 24.6. The van der Waals surface area contributed by atoms with Gasteiger partial charge in [-0.1, -0.05) is 12.1 Å². The van der Waals surface area contributed by atoms with Gasteiger partial charge in [-0.15, -0.1) is 0 Å². The Morgan fingerprint density at radius 2 is 1.78 bits per heavy atom. The van der Waals surface area contributed by atoms with Crippen LogP contribution in [-0.2, 0) is 20.6 Å². The molecule has 0 aliphatic carbocycles. The molecule has 8 heteroatoms. The summed E-state index contributed by atoms with van der Waals surface area (Å²) >= 11 is 0. The van der Waals surface area contributed by atoms with Crippen molar-refractivity contribution in [2.75, 3.05) is 13.6 Å². The minimum absolute atomic E-state index is 0.273. The van der Waals surface area contributed by atoms with Crippen LogP contribution in [0.5, 0.6) is 0 Å². The van der Waals surface area contributed by atoms with Crippen LogP contribution in [0.25, 0.3) is 11.0 Å². The second kappa shape index (κ2) is 9.06. The Morgan fingerprint density at radius 1 is 1.12 bits per heavy atom. The molecule has 1 aromatic carbocycles. The van der Waals surface area contributed by atoms with Crippen LogP contribution in [-0.4, -0.2) is 58.1 Å². The zero-order valence-electron chi connectivity index (χ0n) is 20.9. The van der Waals surface area contributed by atoms with Crippen molar-refractivity contribution in [1.82, 2.24) is 14.5 Å². The molecule has 32 heavy (non-hydrogen) atoms. The highest BCUT2D eigenvalue weighted by atomic mass is 16.7. The lowest BCUT2D eigenvalue weighted by atomic mass is 9.78. The number of nitrogens with zero attached hydrogens (tertiary/aromatic N) is 3. The second-order valence-corrected chi connectivity index (χ2v) is 10.7. The monoisotopic (exact) mass is 443 g/mol. The first-order chi connectivity index (χ1) is 14.8. The van der Waals surface area contributed by atoms with E-state index in [9.17, 15) is 4.79 Å². The lowest BCUT2D eigenvalue weighted by molar-refractivity contribution is 0.00578. The van der Waals surface area contributed by atoms with Crippen LogP contribution in [0.3, 0.4) is 0 Å². The van der Waals surface area contributed by atoms with E-state index >= 15 is 0 Å². The summed E-state index contributed by atoms with van der Waals surface area (Å²) in [5.74, 6) is 0. The van der Waals surface area contributed by atoms with Gasteiger partial charge in [0.15, 0.2) is 0 Å². The van der Waals surface area contributed by atoms with Crippen LogP contribution in [0.4, 0.5) is 4.79 Å². The third kappa shape index (κ3) is 5.46. The second-order valence-electron chi connectivity index (χ2n) is 10.7. The standard InChI is InChI=1S/C24H38BN3O4/c1-22(2,3)30-21(29)27(8)15-10-9-11-16-28-17-26-19-14-12-13-18(20(19)28)25-31-23(4,5)24(6,7)32-25/h12-14,17H,9-11,15-16H2,1-8H3. The molecule has 0 radical (unpaired) electrons. The summed E-state index contributed by atoms with van der Waals surface area (Å²) in [6, 6.07) is 6.10. The van der Waals surface area contributed by atoms with Gasteiger partial charge in [-0.3, -0.25) is 0 Å². The van der Waals surface area contributed by atoms with Gasteiger partial charge in [0.1, 0.15) is 5.60 Å². The molecule has 0 N–H and O–H groups in total. The van der Waals surface area contributed by atoms with Crippen LogP contribution in [0.2, 0.25) is 0 Å². The lowest BCUT2D eigenvalue weighted by Gasteiger charge is -2.32. The first-order valence-corrected chi connectivity index (χ1v) is 11.5. The molecule has 0 atom stereocenters. The molecule has 3 rings (SSSR count). The molecular formula is C24H38BN3O4. The van der Waals surface area contributed by atoms with Crippen LogP contribution >= 0.6 is 0 Å². The van der Waals surface area contributed by atoms with Gasteiger partial charge in [0.2, 0.25) is 0 Å². The molecule has 0 unspecified atom stereocenters. The van der Waals surface area contributed by atoms with E-state index in [4.69, 9.17) is 14.0 Å². The van der Waals surface area contributed by atoms with Gasteiger partial charge in [-0.05, 0) is 73.8 Å². The van der Waals surface area contributed by atoms with E-state index in [2.05, 4.69) is 43.3 Å². The Bertz CT molecular complexity index is 932. The minimum Gasteiger partial charge on any atom is -0.444 e. The Balaban J connectivity index is 1.59. The number of aromatic nitrogens is 2. The molecule has 1 amide bonds. The van der Waals surface area contributed by atoms with Crippen LogP contribution in [0.1, 0.15) is 67.7 Å². The predicted molar refractivity (Wildman–Crippen MR) is 128 cm³/mol. The van der Waals surface area contributed by atoms with E-state index in [-0.39, 0.29) is 17.3 Å². The third-order valence-corrected chi connectivity index (χ3v) is 6.27. The number of carbonyl (C=O) groups excluding carboxylic acids is 1. The number of unbranched alkanes of at least 4 members (excludes halogenated alkanes) is 2. The predicted octanol–water partition coefficient (Wildman–Crippen LogP) is 4.37. The molecule has 0 bridgehead atoms. The van der Waals surface area contributed by atoms with E-state index in [1.165, 1.54) is 0 Å². The molecule has 0 spiro atoms. The highest BCUT2D eigenvalue weighted by Crippen LogP contribution is 2.37. The number of fused-ring (bicyclic) bond motifs is 1. The van der Waals surface area contributed by atoms with Crippen molar-refractivity contribution >= 4 is 29.7 Å². The Morgan fingerprint density at radius 3 is 2.41 bits per heavy atom. The molecule has 7 nitrogen and oxygen atoms in total. The number of ether oxygens (including phenoxy) is 1. The summed E-state index contributed by atoms with van der Waals surface area (Å²) in [7, 11) is 1.37. The summed E-state index contributed by atoms with van der Waals surface area (Å²) < 4.78 is 20.2. The van der Waals surface area contributed by atoms with E-state index in [1.54, 1.807) is 11.9 Å². The molecule has 176 valence electrons. The van der Waals surface area contributed by atoms with Gasteiger partial charge in [0.05, 0.1) is 28.6 Å². The van der Waals surface area contributed by atoms with Crippen molar-refractivity contribution in [3.63, 3.8) is 0 Å². The maximum atomic E-state index is 12.1. The van der Waals surface area contributed by atoms with Gasteiger partial charge in [0.25, 0.3) is 0 Å². The van der Waals surface area contributed by atoms with Crippen molar-refractivity contribution in [2.24, 2.45) is 0 Å². The highest BCUT2D eigenvalue weighted by Gasteiger charge is 2.52. The Kier molecular flexibility index (Phi) is 6.96. The molecule has 1 fully saturated rings. The van der Waals surface area contributed by atoms with Crippen LogP contribution < -0.4 is 5.46 Å². The molecule has 1 aliphatic rings. The fourth-order valence-corrected chi connectivity index (χ4v) is 3.72. The summed E-state index contributed by atoms with van der Waals surface area (Å²) in [4.78, 5) is 18.3. The highest BCUT2D eigenvalue weighted by molar-refractivity contribution is 6.64. The van der Waals surface area contributed by atoms with Crippen molar-refractivity contribution in [3.05, 3.63) is 24.5 Å². The quantitative estimate of drug-likeness (QED) is 0.470. The summed E-state index contributed by atoms with van der Waals surface area (Å²) in [5, 5.41) is 0. The molecule has 1 saturated heterocycles. The fourth-order valence-electron chi connectivity index (χ4n) is 3.72. The number of imidazole rings is 1. The molecule has 1 aromatic heterocycles. The van der Waals surface area contributed by atoms with E-state index in [0.29, 0.717) is 6.54 Å². The average molecular weight is 443 g/mol. The Labute approximate surface area is 192 Å². The zero-order valence-corrected chi connectivity index (χ0v) is 20.9. The maximum absolute atomic E-state index is 12.1. The molecule has 2 aromatic rings. The third-order valence-electron chi connectivity index (χ3n) is 6.27. The molecule has 0 saturated carbocycles. The number of hydrogen-bond donors (Lipinski definition) is 0. The molecular weight excluding hydrogens is 405 g/mol. The summed E-state index contributed by atoms with van der Waals surface area (Å²) in [6.07, 6.45) is 4.54. The van der Waals surface area contributed by atoms with Crippen molar-refractivity contribution in [2.45, 2.75) is 91.1 Å². The van der Waals surface area contributed by atoms with Gasteiger partial charge in [0, 0.05) is 25.6 Å². The van der Waals surface area contributed by atoms with Gasteiger partial charge >= 0.3 is 13.2 Å². The SMILES string of the molecule is CN(CCCCCn1cnc2cccc(B3OC(C)(C)C(C)(C)O3)c21)C(=O)OC(C)(C)C. The largest absolute Gasteiger partial charge is 0.497 e. The normalized spacial score (nSPS) is 17.7. The average Bonchev–Trinajstić information content (AvgIpc) is 3.17. The first-order valence-electron chi connectivity index (χ1n) is 11.5. The topological polar surface area (TPSA) is 65.8 Å². The smallest absolute Gasteiger partial charge is 0.444 e. The molecule has 2 heterocycles. The number of amides is 1. The van der Waals surface area contributed by atoms with Crippen LogP contribution in [0.15, 0.2) is 24.5 Å². The van der Waals surface area contributed by atoms with E-state index in [1.807, 2.05) is 39.2 Å². The number of para-hydroxylation sites is 1. The van der Waals surface area contributed by atoms with E-state index < -0.39 is 12.7 Å². The lowest BCUT2D eigenvalue weighted by Crippen LogP contribution is -2.41. The number of aryl methyl sites for hydroxylation is 1. The Hall–Kier alpha value is -2.06. The molecule has 1 aliphatic heterocycles. The van der Waals surface area contributed by atoms with Gasteiger partial charge in [-0.2, -0.15) is 0 Å². The van der Waals surface area contributed by atoms with Crippen molar-refractivity contribution in [1.29, 1.82) is 0 Å². The number of rotatable bonds is 7. The maximum Gasteiger partial charge on any atom is 0.497 e. The van der Waals surface area contributed by atoms with E-state index in [0.717, 1.165) is 42.3 Å². The number of carbonyl (C=O) groups is 1. The summed E-state index contributed by atoms with van der Waals surface area (Å²) in [5.41, 5.74) is 1.79. The van der Waals surface area contributed by atoms with Crippen LogP contribution in [0, 0.1) is 0 Å². The van der Waals surface area contributed by atoms with Crippen molar-refractivity contribution in [3.8, 4) is 0 Å². The zero-order chi connectivity index (χ0) is 23.7. The fraction of sp³-hybridized carbons (Fsp3) is 0.667. The van der Waals surface area contributed by atoms with Crippen molar-refractivity contribution < 1.29 is 18.8 Å². The van der Waals surface area contributed by atoms with Gasteiger partial charge in [-0.25, -0.2) is 9.78 Å².